The molecule has 4 rings (SSSR count). The highest BCUT2D eigenvalue weighted by atomic mass is 32.2. The Hall–Kier alpha value is -2.70. The molecule has 2 amide bonds. The smallest absolute Gasteiger partial charge is 0.268 e. The topological polar surface area (TPSA) is 50.3 Å². The largest absolute Gasteiger partial charge is 0.269 e. The van der Waals surface area contributed by atoms with E-state index in [2.05, 4.69) is 4.98 Å². The van der Waals surface area contributed by atoms with E-state index in [0.29, 0.717) is 10.5 Å². The second kappa shape index (κ2) is 7.27. The first-order chi connectivity index (χ1) is 12.7. The Morgan fingerprint density at radius 1 is 0.923 bits per heavy atom. The van der Waals surface area contributed by atoms with E-state index in [1.165, 1.54) is 28.0 Å². The zero-order valence-corrected chi connectivity index (χ0v) is 15.3. The number of aromatic nitrogens is 1. The molecule has 0 fully saturated rings. The molecule has 0 radical (unpaired) electrons. The van der Waals surface area contributed by atoms with Gasteiger partial charge in [-0.15, -0.1) is 11.3 Å². The first kappa shape index (κ1) is 16.8. The Bertz CT molecular complexity index is 968. The number of thiophene rings is 1. The zero-order valence-electron chi connectivity index (χ0n) is 13.7. The minimum atomic E-state index is -0.246. The number of amides is 2. The van der Waals surface area contributed by atoms with Crippen molar-refractivity contribution in [3.8, 4) is 0 Å². The van der Waals surface area contributed by atoms with Crippen molar-refractivity contribution >= 4 is 40.5 Å². The van der Waals surface area contributed by atoms with Gasteiger partial charge in [0.05, 0.1) is 17.0 Å². The number of carbonyl (C=O) groups is 2. The van der Waals surface area contributed by atoms with E-state index < -0.39 is 0 Å². The second-order valence-electron chi connectivity index (χ2n) is 5.65. The Kier molecular flexibility index (Phi) is 4.69. The van der Waals surface area contributed by atoms with Gasteiger partial charge in [-0.2, -0.15) is 0 Å². The van der Waals surface area contributed by atoms with Crippen molar-refractivity contribution in [1.29, 1.82) is 0 Å². The van der Waals surface area contributed by atoms with E-state index in [4.69, 9.17) is 0 Å². The van der Waals surface area contributed by atoms with Crippen LogP contribution in [0.4, 0.5) is 0 Å². The normalized spacial score (nSPS) is 14.4. The van der Waals surface area contributed by atoms with Crippen molar-refractivity contribution in [2.75, 3.05) is 0 Å². The molecule has 3 aromatic rings. The first-order valence-electron chi connectivity index (χ1n) is 8.00. The molecule has 0 N–H and O–H groups in total. The summed E-state index contributed by atoms with van der Waals surface area (Å²) in [7, 11) is 0. The van der Waals surface area contributed by atoms with E-state index in [9.17, 15) is 9.59 Å². The summed E-state index contributed by atoms with van der Waals surface area (Å²) in [6.07, 6.45) is 3.32. The van der Waals surface area contributed by atoms with Gasteiger partial charge in [0.15, 0.2) is 0 Å². The van der Waals surface area contributed by atoms with Gasteiger partial charge in [0.25, 0.3) is 11.8 Å². The lowest BCUT2D eigenvalue weighted by Crippen LogP contribution is -2.30. The maximum absolute atomic E-state index is 13.0. The van der Waals surface area contributed by atoms with Crippen LogP contribution in [0.3, 0.4) is 0 Å². The fourth-order valence-electron chi connectivity index (χ4n) is 2.71. The van der Waals surface area contributed by atoms with E-state index in [1.54, 1.807) is 12.4 Å². The van der Waals surface area contributed by atoms with Gasteiger partial charge in [0.1, 0.15) is 0 Å². The number of carbonyl (C=O) groups excluding carboxylic acids is 2. The van der Waals surface area contributed by atoms with Crippen LogP contribution in [0, 0.1) is 0 Å². The lowest BCUT2D eigenvalue weighted by atomic mass is 10.2. The molecule has 0 unspecified atom stereocenters. The second-order valence-corrected chi connectivity index (χ2v) is 7.68. The third-order valence-corrected chi connectivity index (χ3v) is 5.92. The van der Waals surface area contributed by atoms with Crippen LogP contribution in [0.2, 0.25) is 0 Å². The molecule has 0 bridgehead atoms. The molecule has 0 aliphatic carbocycles. The maximum Gasteiger partial charge on any atom is 0.268 e. The zero-order chi connectivity index (χ0) is 17.9. The van der Waals surface area contributed by atoms with Gasteiger partial charge in [0.2, 0.25) is 0 Å². The van der Waals surface area contributed by atoms with Crippen molar-refractivity contribution in [2.24, 2.45) is 0 Å². The van der Waals surface area contributed by atoms with E-state index in [1.807, 2.05) is 60.0 Å². The minimum absolute atomic E-state index is 0.243. The predicted octanol–water partition coefficient (Wildman–Crippen LogP) is 4.22. The molecule has 1 aliphatic heterocycles. The molecular formula is C20H14N2O2S2. The fraction of sp³-hybridized carbons (Fsp3) is 0.0500. The van der Waals surface area contributed by atoms with Gasteiger partial charge in [-0.25, -0.2) is 0 Å². The number of rotatable bonds is 5. The van der Waals surface area contributed by atoms with Crippen LogP contribution in [0.15, 0.2) is 82.2 Å². The fourth-order valence-corrected chi connectivity index (χ4v) is 4.57. The molecule has 0 saturated carbocycles. The molecule has 3 heterocycles. The van der Waals surface area contributed by atoms with Crippen molar-refractivity contribution in [2.45, 2.75) is 11.4 Å². The summed E-state index contributed by atoms with van der Waals surface area (Å²) >= 11 is 2.81. The number of imide groups is 1. The average molecular weight is 378 g/mol. The Morgan fingerprint density at radius 3 is 2.38 bits per heavy atom. The molecule has 1 aliphatic rings. The molecular weight excluding hydrogens is 364 g/mol. The summed E-state index contributed by atoms with van der Waals surface area (Å²) in [5, 5.41) is 1.91. The summed E-state index contributed by atoms with van der Waals surface area (Å²) in [6.45, 7) is 0.244. The lowest BCUT2D eigenvalue weighted by Gasteiger charge is -2.14. The molecule has 128 valence electrons. The third kappa shape index (κ3) is 3.21. The number of hydrogen-bond acceptors (Lipinski definition) is 5. The minimum Gasteiger partial charge on any atom is -0.269 e. The summed E-state index contributed by atoms with van der Waals surface area (Å²) in [5.41, 5.74) is 1.37. The first-order valence-corrected chi connectivity index (χ1v) is 9.70. The molecule has 1 aromatic carbocycles. The van der Waals surface area contributed by atoms with Crippen molar-refractivity contribution in [3.63, 3.8) is 0 Å². The summed E-state index contributed by atoms with van der Waals surface area (Å²) in [4.78, 5) is 33.6. The summed E-state index contributed by atoms with van der Waals surface area (Å²) < 4.78 is 0. The molecule has 2 aromatic heterocycles. The van der Waals surface area contributed by atoms with Crippen molar-refractivity contribution in [1.82, 2.24) is 9.88 Å². The quantitative estimate of drug-likeness (QED) is 0.624. The number of nitrogens with zero attached hydrogens (tertiary/aromatic N) is 2. The molecule has 0 atom stereocenters. The highest BCUT2D eigenvalue weighted by Gasteiger charge is 2.39. The van der Waals surface area contributed by atoms with Crippen molar-refractivity contribution in [3.05, 3.63) is 87.7 Å². The molecule has 0 saturated heterocycles. The standard InChI is InChI=1S/C20H14N2O2S2/c23-19-17(16-7-4-12-25-16)18(26-15-5-2-1-3-6-15)20(24)22(19)13-14-8-10-21-11-9-14/h1-12H,13H2. The Labute approximate surface area is 159 Å². The SMILES string of the molecule is O=C1C(Sc2ccccc2)=C(c2cccs2)C(=O)N1Cc1ccncc1. The van der Waals surface area contributed by atoms with Gasteiger partial charge in [-0.3, -0.25) is 19.5 Å². The monoisotopic (exact) mass is 378 g/mol. The molecule has 26 heavy (non-hydrogen) atoms. The Balaban J connectivity index is 1.71. The highest BCUT2D eigenvalue weighted by Crippen LogP contribution is 2.41. The van der Waals surface area contributed by atoms with Crippen LogP contribution in [-0.4, -0.2) is 21.7 Å². The number of benzene rings is 1. The third-order valence-electron chi connectivity index (χ3n) is 3.95. The van der Waals surface area contributed by atoms with E-state index in [0.717, 1.165) is 15.3 Å². The molecule has 6 heteroatoms. The molecule has 4 nitrogen and oxygen atoms in total. The van der Waals surface area contributed by atoms with Crippen LogP contribution in [-0.2, 0) is 16.1 Å². The van der Waals surface area contributed by atoms with Gasteiger partial charge >= 0.3 is 0 Å². The average Bonchev–Trinajstić information content (AvgIpc) is 3.27. The van der Waals surface area contributed by atoms with Gasteiger partial charge < -0.3 is 0 Å². The van der Waals surface area contributed by atoms with Crippen LogP contribution in [0.25, 0.3) is 5.57 Å². The number of hydrogen-bond donors (Lipinski definition) is 0. The highest BCUT2D eigenvalue weighted by molar-refractivity contribution is 8.04. The predicted molar refractivity (Wildman–Crippen MR) is 103 cm³/mol. The van der Waals surface area contributed by atoms with Crippen LogP contribution >= 0.6 is 23.1 Å². The Morgan fingerprint density at radius 2 is 1.69 bits per heavy atom. The maximum atomic E-state index is 13.0. The number of thioether (sulfide) groups is 1. The van der Waals surface area contributed by atoms with Gasteiger partial charge in [-0.05, 0) is 41.3 Å². The van der Waals surface area contributed by atoms with E-state index >= 15 is 0 Å². The summed E-state index contributed by atoms with van der Waals surface area (Å²) in [6, 6.07) is 17.0. The van der Waals surface area contributed by atoms with Gasteiger partial charge in [0, 0.05) is 22.2 Å². The van der Waals surface area contributed by atoms with E-state index in [-0.39, 0.29) is 18.4 Å². The van der Waals surface area contributed by atoms with Crippen LogP contribution in [0.5, 0.6) is 0 Å². The van der Waals surface area contributed by atoms with Crippen LogP contribution < -0.4 is 0 Å². The van der Waals surface area contributed by atoms with Gasteiger partial charge in [-0.1, -0.05) is 36.0 Å². The van der Waals surface area contributed by atoms with Crippen LogP contribution in [0.1, 0.15) is 10.4 Å². The molecule has 0 spiro atoms. The number of pyridine rings is 1. The van der Waals surface area contributed by atoms with Crippen molar-refractivity contribution < 1.29 is 9.59 Å². The lowest BCUT2D eigenvalue weighted by molar-refractivity contribution is -0.137. The summed E-state index contributed by atoms with van der Waals surface area (Å²) in [5.74, 6) is -0.489.